The van der Waals surface area contributed by atoms with E-state index in [9.17, 15) is 19.5 Å². The highest BCUT2D eigenvalue weighted by Gasteiger charge is 2.37. The number of nitrogens with two attached hydrogens (primary N) is 1. The summed E-state index contributed by atoms with van der Waals surface area (Å²) in [6.07, 6.45) is 2.50. The predicted molar refractivity (Wildman–Crippen MR) is 111 cm³/mol. The van der Waals surface area contributed by atoms with Gasteiger partial charge >= 0.3 is 5.97 Å². The van der Waals surface area contributed by atoms with Crippen LogP contribution in [0.2, 0.25) is 0 Å². The molecular formula is C21H24F2N4O4. The fourth-order valence-corrected chi connectivity index (χ4v) is 4.75. The fourth-order valence-electron chi connectivity index (χ4n) is 4.75. The molecule has 166 valence electrons. The van der Waals surface area contributed by atoms with E-state index in [1.54, 1.807) is 18.7 Å². The van der Waals surface area contributed by atoms with Gasteiger partial charge in [-0.15, -0.1) is 0 Å². The number of amides is 1. The van der Waals surface area contributed by atoms with Crippen LogP contribution >= 0.6 is 0 Å². The van der Waals surface area contributed by atoms with E-state index in [2.05, 4.69) is 0 Å². The lowest BCUT2D eigenvalue weighted by Crippen LogP contribution is -2.58. The van der Waals surface area contributed by atoms with Crippen LogP contribution in [0.5, 0.6) is 0 Å². The minimum absolute atomic E-state index is 0.123. The molecule has 1 saturated carbocycles. The van der Waals surface area contributed by atoms with Crippen molar-refractivity contribution in [3.8, 4) is 0 Å². The van der Waals surface area contributed by atoms with Crippen LogP contribution in [-0.2, 0) is 4.79 Å². The van der Waals surface area contributed by atoms with Crippen LogP contribution < -0.4 is 16.1 Å². The summed E-state index contributed by atoms with van der Waals surface area (Å²) in [4.78, 5) is 39.4. The Hall–Kier alpha value is -3.17. The third-order valence-corrected chi connectivity index (χ3v) is 6.13. The van der Waals surface area contributed by atoms with Gasteiger partial charge in [-0.2, -0.15) is 0 Å². The quantitative estimate of drug-likeness (QED) is 0.718. The number of pyridine rings is 1. The SMILES string of the molecule is CC(=O)N1C(C)CN(c2c(F)c(N)c3c(=O)c(C(=O)O)cn(C4CC4)c3c2F)CC1C. The van der Waals surface area contributed by atoms with Gasteiger partial charge in [0.1, 0.15) is 11.3 Å². The van der Waals surface area contributed by atoms with Crippen molar-refractivity contribution in [1.29, 1.82) is 0 Å². The third kappa shape index (κ3) is 3.21. The van der Waals surface area contributed by atoms with Crippen molar-refractivity contribution in [3.63, 3.8) is 0 Å². The molecule has 1 aliphatic heterocycles. The smallest absolute Gasteiger partial charge is 0.341 e. The number of aromatic nitrogens is 1. The number of benzene rings is 1. The Morgan fingerprint density at radius 2 is 1.71 bits per heavy atom. The number of piperazine rings is 1. The number of nitrogens with zero attached hydrogens (tertiary/aromatic N) is 3. The molecule has 2 aliphatic rings. The number of anilines is 2. The molecule has 8 nitrogen and oxygen atoms in total. The summed E-state index contributed by atoms with van der Waals surface area (Å²) in [7, 11) is 0. The Labute approximate surface area is 176 Å². The van der Waals surface area contributed by atoms with E-state index in [1.807, 2.05) is 0 Å². The van der Waals surface area contributed by atoms with Gasteiger partial charge < -0.3 is 25.2 Å². The van der Waals surface area contributed by atoms with E-state index in [4.69, 9.17) is 5.73 Å². The lowest BCUT2D eigenvalue weighted by atomic mass is 10.0. The molecule has 0 radical (unpaired) electrons. The van der Waals surface area contributed by atoms with E-state index >= 15 is 8.78 Å². The minimum atomic E-state index is -1.48. The summed E-state index contributed by atoms with van der Waals surface area (Å²) in [5, 5.41) is 8.94. The Bertz CT molecular complexity index is 1160. The van der Waals surface area contributed by atoms with Gasteiger partial charge in [0.15, 0.2) is 11.6 Å². The highest BCUT2D eigenvalue weighted by molar-refractivity contribution is 5.99. The van der Waals surface area contributed by atoms with E-state index in [-0.39, 0.29) is 48.3 Å². The highest BCUT2D eigenvalue weighted by Crippen LogP contribution is 2.42. The molecular weight excluding hydrogens is 410 g/mol. The molecule has 0 bridgehead atoms. The first kappa shape index (κ1) is 21.1. The van der Waals surface area contributed by atoms with Crippen molar-refractivity contribution in [1.82, 2.24) is 9.47 Å². The van der Waals surface area contributed by atoms with Crippen LogP contribution in [0, 0.1) is 11.6 Å². The van der Waals surface area contributed by atoms with Gasteiger partial charge in [-0.1, -0.05) is 0 Å². The number of carbonyl (C=O) groups excluding carboxylic acids is 1. The zero-order valence-electron chi connectivity index (χ0n) is 17.5. The number of fused-ring (bicyclic) bond motifs is 1. The maximum atomic E-state index is 15.8. The highest BCUT2D eigenvalue weighted by atomic mass is 19.1. The number of aromatic carboxylic acids is 1. The predicted octanol–water partition coefficient (Wildman–Crippen LogP) is 2.34. The van der Waals surface area contributed by atoms with Crippen molar-refractivity contribution < 1.29 is 23.5 Å². The van der Waals surface area contributed by atoms with Crippen molar-refractivity contribution in [2.45, 2.75) is 51.7 Å². The van der Waals surface area contributed by atoms with Crippen LogP contribution in [0.1, 0.15) is 50.0 Å². The largest absolute Gasteiger partial charge is 0.477 e. The molecule has 1 aromatic heterocycles. The van der Waals surface area contributed by atoms with E-state index in [1.165, 1.54) is 16.4 Å². The second kappa shape index (κ2) is 7.21. The van der Waals surface area contributed by atoms with E-state index in [0.29, 0.717) is 12.8 Å². The Morgan fingerprint density at radius 3 is 2.19 bits per heavy atom. The number of nitrogen functional groups attached to an aromatic ring is 1. The summed E-state index contributed by atoms with van der Waals surface area (Å²) >= 11 is 0. The molecule has 1 aliphatic carbocycles. The first-order chi connectivity index (χ1) is 14.5. The fraction of sp³-hybridized carbons (Fsp3) is 0.476. The average Bonchev–Trinajstić information content (AvgIpc) is 3.50. The summed E-state index contributed by atoms with van der Waals surface area (Å²) < 4.78 is 32.6. The van der Waals surface area contributed by atoms with Gasteiger partial charge in [-0.05, 0) is 26.7 Å². The molecule has 4 rings (SSSR count). The van der Waals surface area contributed by atoms with Gasteiger partial charge in [0.25, 0.3) is 0 Å². The van der Waals surface area contributed by atoms with Gasteiger partial charge in [0, 0.05) is 44.3 Å². The van der Waals surface area contributed by atoms with Gasteiger partial charge in [0.2, 0.25) is 11.3 Å². The third-order valence-electron chi connectivity index (χ3n) is 6.13. The van der Waals surface area contributed by atoms with E-state index in [0.717, 1.165) is 6.20 Å². The molecule has 2 heterocycles. The number of hydrogen-bond acceptors (Lipinski definition) is 5. The van der Waals surface area contributed by atoms with Crippen LogP contribution in [-0.4, -0.2) is 51.6 Å². The number of halogens is 2. The van der Waals surface area contributed by atoms with E-state index < -0.39 is 39.7 Å². The van der Waals surface area contributed by atoms with Crippen molar-refractivity contribution in [3.05, 3.63) is 33.6 Å². The Morgan fingerprint density at radius 1 is 1.13 bits per heavy atom. The molecule has 2 unspecified atom stereocenters. The molecule has 1 saturated heterocycles. The van der Waals surface area contributed by atoms with Gasteiger partial charge in [-0.3, -0.25) is 9.59 Å². The molecule has 10 heteroatoms. The number of hydrogen-bond donors (Lipinski definition) is 2. The normalized spacial score (nSPS) is 21.6. The van der Waals surface area contributed by atoms with Crippen molar-refractivity contribution >= 4 is 34.2 Å². The van der Waals surface area contributed by atoms with Gasteiger partial charge in [0.05, 0.1) is 16.6 Å². The standard InChI is InChI=1S/C21H24F2N4O4/c1-9-6-25(7-10(2)27(9)11(3)28)19-15(22)17(24)14-18(16(19)23)26(12-4-5-12)8-13(20(14)29)21(30)31/h8-10,12H,4-7,24H2,1-3H3,(H,30,31). The zero-order valence-corrected chi connectivity index (χ0v) is 17.5. The molecule has 0 spiro atoms. The zero-order chi connectivity index (χ0) is 22.8. The Balaban J connectivity index is 1.96. The summed E-state index contributed by atoms with van der Waals surface area (Å²) in [5.74, 6) is -3.64. The average molecular weight is 434 g/mol. The number of carboxylic acid groups (broad SMARTS) is 1. The molecule has 1 aromatic carbocycles. The second-order valence-corrected chi connectivity index (χ2v) is 8.46. The molecule has 31 heavy (non-hydrogen) atoms. The number of rotatable bonds is 3. The lowest BCUT2D eigenvalue weighted by Gasteiger charge is -2.45. The first-order valence-electron chi connectivity index (χ1n) is 10.2. The minimum Gasteiger partial charge on any atom is -0.477 e. The molecule has 1 amide bonds. The maximum absolute atomic E-state index is 15.8. The summed E-state index contributed by atoms with van der Waals surface area (Å²) in [5.41, 5.74) is 3.27. The topological polar surface area (TPSA) is 109 Å². The van der Waals surface area contributed by atoms with Crippen LogP contribution in [0.15, 0.2) is 11.0 Å². The van der Waals surface area contributed by atoms with Crippen molar-refractivity contribution in [2.24, 2.45) is 0 Å². The second-order valence-electron chi connectivity index (χ2n) is 8.46. The number of carboxylic acids is 1. The van der Waals surface area contributed by atoms with Crippen LogP contribution in [0.3, 0.4) is 0 Å². The molecule has 2 fully saturated rings. The molecule has 2 atom stereocenters. The molecule has 3 N–H and O–H groups in total. The monoisotopic (exact) mass is 434 g/mol. The molecule has 2 aromatic rings. The lowest BCUT2D eigenvalue weighted by molar-refractivity contribution is -0.133. The summed E-state index contributed by atoms with van der Waals surface area (Å²) in [6.45, 7) is 5.41. The number of carbonyl (C=O) groups is 2. The van der Waals surface area contributed by atoms with Crippen LogP contribution in [0.4, 0.5) is 20.2 Å². The van der Waals surface area contributed by atoms with Gasteiger partial charge in [-0.25, -0.2) is 13.6 Å². The first-order valence-corrected chi connectivity index (χ1v) is 10.2. The van der Waals surface area contributed by atoms with Crippen molar-refractivity contribution in [2.75, 3.05) is 23.7 Å². The Kier molecular flexibility index (Phi) is 4.90. The van der Waals surface area contributed by atoms with Crippen LogP contribution in [0.25, 0.3) is 10.9 Å². The summed E-state index contributed by atoms with van der Waals surface area (Å²) in [6, 6.07) is -0.769. The maximum Gasteiger partial charge on any atom is 0.341 e.